The molecule has 0 aromatic carbocycles. The first-order chi connectivity index (χ1) is 7.31. The summed E-state index contributed by atoms with van der Waals surface area (Å²) in [5, 5.41) is 0. The van der Waals surface area contributed by atoms with Crippen LogP contribution in [0.2, 0.25) is 0 Å². The summed E-state index contributed by atoms with van der Waals surface area (Å²) in [6.07, 6.45) is 6.87. The number of rotatable bonds is 3. The van der Waals surface area contributed by atoms with Crippen LogP contribution in [0.5, 0.6) is 0 Å². The lowest BCUT2D eigenvalue weighted by Crippen LogP contribution is -2.27. The Morgan fingerprint density at radius 2 is 2.53 bits per heavy atom. The fourth-order valence-electron chi connectivity index (χ4n) is 2.24. The Morgan fingerprint density at radius 3 is 3.27 bits per heavy atom. The topological polar surface area (TPSA) is 49.0 Å². The summed E-state index contributed by atoms with van der Waals surface area (Å²) in [4.78, 5) is 20.4. The molecule has 1 N–H and O–H groups in total. The van der Waals surface area contributed by atoms with Crippen molar-refractivity contribution in [3.05, 3.63) is 22.7 Å². The molecule has 0 radical (unpaired) electrons. The lowest BCUT2D eigenvalue weighted by Gasteiger charge is -2.15. The van der Waals surface area contributed by atoms with Crippen LogP contribution in [-0.2, 0) is 0 Å². The van der Waals surface area contributed by atoms with Gasteiger partial charge in [0.15, 0.2) is 5.82 Å². The molecule has 15 heavy (non-hydrogen) atoms. The Morgan fingerprint density at radius 1 is 1.67 bits per heavy atom. The van der Waals surface area contributed by atoms with E-state index in [-0.39, 0.29) is 5.56 Å². The Balaban J connectivity index is 2.08. The van der Waals surface area contributed by atoms with Crippen LogP contribution in [0.1, 0.15) is 26.2 Å². The van der Waals surface area contributed by atoms with E-state index in [0.717, 1.165) is 19.0 Å². The number of aromatic nitrogens is 2. The van der Waals surface area contributed by atoms with Crippen LogP contribution in [-0.4, -0.2) is 23.1 Å². The van der Waals surface area contributed by atoms with Gasteiger partial charge in [-0.05, 0) is 18.8 Å². The first kappa shape index (κ1) is 10.2. The fourth-order valence-corrected chi connectivity index (χ4v) is 2.24. The number of anilines is 1. The van der Waals surface area contributed by atoms with E-state index < -0.39 is 0 Å². The molecule has 1 aliphatic heterocycles. The van der Waals surface area contributed by atoms with E-state index in [1.807, 2.05) is 0 Å². The molecule has 82 valence electrons. The predicted octanol–water partition coefficient (Wildman–Crippen LogP) is 1.40. The fraction of sp³-hybridized carbons (Fsp3) is 0.636. The first-order valence-corrected chi connectivity index (χ1v) is 5.60. The summed E-state index contributed by atoms with van der Waals surface area (Å²) in [6.45, 7) is 4.15. The third kappa shape index (κ3) is 2.19. The molecule has 1 aromatic rings. The van der Waals surface area contributed by atoms with Gasteiger partial charge in [0.05, 0.1) is 0 Å². The molecule has 4 nitrogen and oxygen atoms in total. The maximum atomic E-state index is 11.5. The van der Waals surface area contributed by atoms with Crippen molar-refractivity contribution in [2.45, 2.75) is 26.2 Å². The van der Waals surface area contributed by atoms with Crippen molar-refractivity contribution in [1.82, 2.24) is 9.97 Å². The van der Waals surface area contributed by atoms with Gasteiger partial charge < -0.3 is 9.88 Å². The normalized spacial score (nSPS) is 20.9. The quantitative estimate of drug-likeness (QED) is 0.815. The second kappa shape index (κ2) is 4.47. The number of H-pyrrole nitrogens is 1. The second-order valence-corrected chi connectivity index (χ2v) is 4.13. The molecule has 1 saturated heterocycles. The van der Waals surface area contributed by atoms with Crippen molar-refractivity contribution >= 4 is 5.82 Å². The van der Waals surface area contributed by atoms with Crippen molar-refractivity contribution in [3.8, 4) is 0 Å². The minimum absolute atomic E-state index is 0.0744. The van der Waals surface area contributed by atoms with Gasteiger partial charge in [-0.1, -0.05) is 13.3 Å². The zero-order valence-corrected chi connectivity index (χ0v) is 9.07. The molecule has 1 atom stereocenters. The van der Waals surface area contributed by atoms with Crippen molar-refractivity contribution in [1.29, 1.82) is 0 Å². The van der Waals surface area contributed by atoms with Gasteiger partial charge in [0, 0.05) is 25.5 Å². The van der Waals surface area contributed by atoms with Crippen LogP contribution in [0, 0.1) is 5.92 Å². The van der Waals surface area contributed by atoms with Gasteiger partial charge in [0.2, 0.25) is 0 Å². The summed E-state index contributed by atoms with van der Waals surface area (Å²) in [5.74, 6) is 1.31. The maximum Gasteiger partial charge on any atom is 0.290 e. The molecule has 4 heteroatoms. The van der Waals surface area contributed by atoms with Gasteiger partial charge in [0.25, 0.3) is 5.56 Å². The summed E-state index contributed by atoms with van der Waals surface area (Å²) in [7, 11) is 0. The van der Waals surface area contributed by atoms with Crippen LogP contribution in [0.25, 0.3) is 0 Å². The van der Waals surface area contributed by atoms with Gasteiger partial charge in [0.1, 0.15) is 0 Å². The number of nitrogens with zero attached hydrogens (tertiary/aromatic N) is 2. The third-order valence-electron chi connectivity index (χ3n) is 2.97. The van der Waals surface area contributed by atoms with Crippen LogP contribution in [0.3, 0.4) is 0 Å². The summed E-state index contributed by atoms with van der Waals surface area (Å²) in [5.41, 5.74) is -0.0744. The zero-order chi connectivity index (χ0) is 10.7. The van der Waals surface area contributed by atoms with Crippen molar-refractivity contribution in [2.24, 2.45) is 5.92 Å². The number of aromatic amines is 1. The summed E-state index contributed by atoms with van der Waals surface area (Å²) < 4.78 is 0. The van der Waals surface area contributed by atoms with Crippen LogP contribution < -0.4 is 10.5 Å². The third-order valence-corrected chi connectivity index (χ3v) is 2.97. The maximum absolute atomic E-state index is 11.5. The van der Waals surface area contributed by atoms with Gasteiger partial charge in [-0.15, -0.1) is 0 Å². The molecule has 0 saturated carbocycles. The van der Waals surface area contributed by atoms with E-state index in [1.165, 1.54) is 19.3 Å². The van der Waals surface area contributed by atoms with Crippen molar-refractivity contribution in [3.63, 3.8) is 0 Å². The Hall–Kier alpha value is -1.32. The number of hydrogen-bond donors (Lipinski definition) is 1. The van der Waals surface area contributed by atoms with E-state index in [4.69, 9.17) is 0 Å². The smallest absolute Gasteiger partial charge is 0.290 e. The first-order valence-electron chi connectivity index (χ1n) is 5.60. The largest absolute Gasteiger partial charge is 0.352 e. The van der Waals surface area contributed by atoms with E-state index in [9.17, 15) is 4.79 Å². The van der Waals surface area contributed by atoms with Crippen LogP contribution >= 0.6 is 0 Å². The minimum Gasteiger partial charge on any atom is -0.352 e. The second-order valence-electron chi connectivity index (χ2n) is 4.13. The Bertz CT molecular complexity index is 374. The summed E-state index contributed by atoms with van der Waals surface area (Å²) in [6, 6.07) is 0. The zero-order valence-electron chi connectivity index (χ0n) is 9.07. The van der Waals surface area contributed by atoms with Gasteiger partial charge in [-0.3, -0.25) is 4.79 Å². The summed E-state index contributed by atoms with van der Waals surface area (Å²) >= 11 is 0. The van der Waals surface area contributed by atoms with Gasteiger partial charge in [-0.2, -0.15) is 0 Å². The van der Waals surface area contributed by atoms with E-state index in [0.29, 0.717) is 5.82 Å². The molecule has 0 aliphatic carbocycles. The standard InChI is InChI=1S/C11H17N3O/c1-2-3-9-4-7-14(8-9)10-11(15)13-6-5-12-10/h5-6,9H,2-4,7-8H2,1H3,(H,13,15). The van der Waals surface area contributed by atoms with Gasteiger partial charge in [-0.25, -0.2) is 4.98 Å². The van der Waals surface area contributed by atoms with Crippen molar-refractivity contribution in [2.75, 3.05) is 18.0 Å². The number of hydrogen-bond acceptors (Lipinski definition) is 3. The molecule has 2 heterocycles. The van der Waals surface area contributed by atoms with E-state index >= 15 is 0 Å². The lowest BCUT2D eigenvalue weighted by molar-refractivity contribution is 0.529. The molecular formula is C11H17N3O. The highest BCUT2D eigenvalue weighted by Crippen LogP contribution is 2.22. The van der Waals surface area contributed by atoms with E-state index in [2.05, 4.69) is 21.8 Å². The molecule has 1 unspecified atom stereocenters. The predicted molar refractivity (Wildman–Crippen MR) is 60.1 cm³/mol. The average molecular weight is 207 g/mol. The molecule has 1 aromatic heterocycles. The van der Waals surface area contributed by atoms with Gasteiger partial charge >= 0.3 is 0 Å². The molecule has 0 amide bonds. The molecular weight excluding hydrogens is 190 g/mol. The van der Waals surface area contributed by atoms with E-state index in [1.54, 1.807) is 12.4 Å². The Labute approximate surface area is 89.3 Å². The highest BCUT2D eigenvalue weighted by molar-refractivity contribution is 5.36. The molecule has 0 spiro atoms. The van der Waals surface area contributed by atoms with Crippen molar-refractivity contribution < 1.29 is 0 Å². The molecule has 1 aliphatic rings. The minimum atomic E-state index is -0.0744. The van der Waals surface area contributed by atoms with Crippen LogP contribution in [0.4, 0.5) is 5.82 Å². The monoisotopic (exact) mass is 207 g/mol. The lowest BCUT2D eigenvalue weighted by atomic mass is 10.0. The average Bonchev–Trinajstić information content (AvgIpc) is 2.68. The molecule has 0 bridgehead atoms. The van der Waals surface area contributed by atoms with Crippen LogP contribution in [0.15, 0.2) is 17.2 Å². The molecule has 1 fully saturated rings. The number of nitrogens with one attached hydrogen (secondary N) is 1. The highest BCUT2D eigenvalue weighted by atomic mass is 16.1. The highest BCUT2D eigenvalue weighted by Gasteiger charge is 2.23. The molecule has 2 rings (SSSR count). The Kier molecular flexibility index (Phi) is 3.04. The SMILES string of the molecule is CCCC1CCN(c2ncc[nH]c2=O)C1.